The first-order chi connectivity index (χ1) is 6.38. The Morgan fingerprint density at radius 1 is 1.38 bits per heavy atom. The van der Waals surface area contributed by atoms with Crippen LogP contribution in [0.15, 0.2) is 6.33 Å². The molecule has 0 radical (unpaired) electrons. The molecule has 0 amide bonds. The number of nitrogens with two attached hydrogens (primary N) is 1. The van der Waals surface area contributed by atoms with E-state index in [1.807, 2.05) is 0 Å². The van der Waals surface area contributed by atoms with E-state index in [0.29, 0.717) is 11.7 Å². The molecule has 0 saturated carbocycles. The van der Waals surface area contributed by atoms with Gasteiger partial charge in [-0.15, -0.1) is 10.2 Å². The van der Waals surface area contributed by atoms with E-state index in [1.54, 1.807) is 0 Å². The molecular weight excluding hydrogens is 168 g/mol. The average molecular weight is 180 g/mol. The van der Waals surface area contributed by atoms with E-state index in [9.17, 15) is 0 Å². The van der Waals surface area contributed by atoms with Gasteiger partial charge in [0.25, 0.3) is 0 Å². The number of rotatable bonds is 1. The Morgan fingerprint density at radius 3 is 2.85 bits per heavy atom. The lowest BCUT2D eigenvalue weighted by molar-refractivity contribution is 0.0844. The Kier molecular flexibility index (Phi) is 2.35. The molecule has 1 aromatic heterocycles. The van der Waals surface area contributed by atoms with Crippen LogP contribution in [0, 0.1) is 0 Å². The second-order valence-corrected chi connectivity index (χ2v) is 3.12. The summed E-state index contributed by atoms with van der Waals surface area (Å²) in [6.45, 7) is 1.56. The molecule has 0 aromatic carbocycles. The lowest BCUT2D eigenvalue weighted by Gasteiger charge is -2.21. The van der Waals surface area contributed by atoms with Crippen LogP contribution < -0.4 is 5.73 Å². The maximum absolute atomic E-state index is 5.70. The fraction of sp³-hybridized carbons (Fsp3) is 0.625. The monoisotopic (exact) mass is 180 g/mol. The van der Waals surface area contributed by atoms with Crippen molar-refractivity contribution in [1.82, 2.24) is 15.2 Å². The lowest BCUT2D eigenvalue weighted by Crippen LogP contribution is -2.17. The number of ether oxygens (including phenoxy) is 1. The second kappa shape index (κ2) is 3.66. The largest absolute Gasteiger partial charge is 0.382 e. The van der Waals surface area contributed by atoms with Gasteiger partial charge in [-0.3, -0.25) is 0 Å². The Labute approximate surface area is 76.3 Å². The van der Waals surface area contributed by atoms with E-state index >= 15 is 0 Å². The molecule has 1 aromatic rings. The number of nitrogens with zero attached hydrogens (tertiary/aromatic N) is 3. The summed E-state index contributed by atoms with van der Waals surface area (Å²) in [5.41, 5.74) is 6.52. The number of nitrogen functional groups attached to an aromatic ring is 1. The highest BCUT2D eigenvalue weighted by Gasteiger charge is 2.20. The van der Waals surface area contributed by atoms with Crippen LogP contribution in [-0.2, 0) is 4.74 Å². The van der Waals surface area contributed by atoms with Crippen molar-refractivity contribution < 1.29 is 4.74 Å². The maximum atomic E-state index is 5.70. The second-order valence-electron chi connectivity index (χ2n) is 3.12. The van der Waals surface area contributed by atoms with Crippen molar-refractivity contribution in [3.63, 3.8) is 0 Å². The Hall–Kier alpha value is -1.23. The van der Waals surface area contributed by atoms with Gasteiger partial charge in [-0.25, -0.2) is 4.98 Å². The van der Waals surface area contributed by atoms with Crippen LogP contribution in [0.2, 0.25) is 0 Å². The third-order valence-corrected chi connectivity index (χ3v) is 2.28. The zero-order valence-corrected chi connectivity index (χ0v) is 7.31. The summed E-state index contributed by atoms with van der Waals surface area (Å²) in [5, 5.41) is 7.75. The highest BCUT2D eigenvalue weighted by Crippen LogP contribution is 2.27. The molecular formula is C8H12N4O. The Bertz CT molecular complexity index is 285. The van der Waals surface area contributed by atoms with Gasteiger partial charge in [0, 0.05) is 19.1 Å². The smallest absolute Gasteiger partial charge is 0.149 e. The van der Waals surface area contributed by atoms with E-state index in [0.717, 1.165) is 31.7 Å². The normalized spacial score (nSPS) is 18.8. The average Bonchev–Trinajstić information content (AvgIpc) is 2.20. The van der Waals surface area contributed by atoms with Gasteiger partial charge in [0.15, 0.2) is 0 Å². The fourth-order valence-corrected chi connectivity index (χ4v) is 1.56. The van der Waals surface area contributed by atoms with Gasteiger partial charge in [0.2, 0.25) is 0 Å². The molecule has 2 N–H and O–H groups in total. The molecule has 0 spiro atoms. The number of hydrogen-bond donors (Lipinski definition) is 1. The van der Waals surface area contributed by atoms with Crippen molar-refractivity contribution in [2.24, 2.45) is 0 Å². The topological polar surface area (TPSA) is 73.9 Å². The first kappa shape index (κ1) is 8.37. The lowest BCUT2D eigenvalue weighted by atomic mass is 9.96. The fourth-order valence-electron chi connectivity index (χ4n) is 1.56. The van der Waals surface area contributed by atoms with Gasteiger partial charge in [0.05, 0.1) is 0 Å². The number of aromatic nitrogens is 3. The van der Waals surface area contributed by atoms with Crippen LogP contribution in [0.3, 0.4) is 0 Å². The molecule has 1 aliphatic heterocycles. The summed E-state index contributed by atoms with van der Waals surface area (Å²) in [5.74, 6) is 0.872. The van der Waals surface area contributed by atoms with Gasteiger partial charge in [-0.1, -0.05) is 0 Å². The summed E-state index contributed by atoms with van der Waals surface area (Å²) in [6.07, 6.45) is 3.30. The molecule has 0 aliphatic carbocycles. The van der Waals surface area contributed by atoms with Crippen LogP contribution in [0.5, 0.6) is 0 Å². The summed E-state index contributed by atoms with van der Waals surface area (Å²) in [7, 11) is 0. The third kappa shape index (κ3) is 1.75. The predicted octanol–water partition coefficient (Wildman–Crippen LogP) is 0.348. The molecule has 1 saturated heterocycles. The Morgan fingerprint density at radius 2 is 2.15 bits per heavy atom. The van der Waals surface area contributed by atoms with Crippen LogP contribution in [0.1, 0.15) is 24.5 Å². The summed E-state index contributed by atoms with van der Waals surface area (Å²) in [6, 6.07) is 0. The van der Waals surface area contributed by atoms with Gasteiger partial charge >= 0.3 is 0 Å². The Balaban J connectivity index is 2.18. The van der Waals surface area contributed by atoms with E-state index in [4.69, 9.17) is 10.5 Å². The minimum atomic E-state index is 0.370. The predicted molar refractivity (Wildman–Crippen MR) is 47.0 cm³/mol. The van der Waals surface area contributed by atoms with Crippen molar-refractivity contribution in [3.05, 3.63) is 12.0 Å². The van der Waals surface area contributed by atoms with Crippen LogP contribution in [0.25, 0.3) is 0 Å². The van der Waals surface area contributed by atoms with E-state index in [2.05, 4.69) is 15.2 Å². The minimum absolute atomic E-state index is 0.370. The van der Waals surface area contributed by atoms with Crippen molar-refractivity contribution in [1.29, 1.82) is 0 Å². The van der Waals surface area contributed by atoms with Gasteiger partial charge < -0.3 is 10.5 Å². The highest BCUT2D eigenvalue weighted by molar-refractivity contribution is 5.34. The third-order valence-electron chi connectivity index (χ3n) is 2.28. The van der Waals surface area contributed by atoms with E-state index < -0.39 is 0 Å². The first-order valence-electron chi connectivity index (χ1n) is 4.38. The number of anilines is 1. The minimum Gasteiger partial charge on any atom is -0.382 e. The molecule has 70 valence electrons. The summed E-state index contributed by atoms with van der Waals surface area (Å²) >= 11 is 0. The van der Waals surface area contributed by atoms with E-state index in [1.165, 1.54) is 6.33 Å². The van der Waals surface area contributed by atoms with Crippen LogP contribution in [-0.4, -0.2) is 28.4 Å². The SMILES string of the molecule is Nc1ncnnc1C1CCOCC1. The zero-order valence-electron chi connectivity index (χ0n) is 7.31. The highest BCUT2D eigenvalue weighted by atomic mass is 16.5. The molecule has 13 heavy (non-hydrogen) atoms. The molecule has 2 rings (SSSR count). The quantitative estimate of drug-likeness (QED) is 0.675. The molecule has 0 unspecified atom stereocenters. The summed E-state index contributed by atoms with van der Waals surface area (Å²) in [4.78, 5) is 3.92. The first-order valence-corrected chi connectivity index (χ1v) is 4.38. The molecule has 5 nitrogen and oxygen atoms in total. The van der Waals surface area contributed by atoms with Crippen molar-refractivity contribution in [3.8, 4) is 0 Å². The van der Waals surface area contributed by atoms with Crippen molar-refractivity contribution >= 4 is 5.82 Å². The molecule has 0 bridgehead atoms. The molecule has 2 heterocycles. The van der Waals surface area contributed by atoms with Crippen molar-refractivity contribution in [2.45, 2.75) is 18.8 Å². The van der Waals surface area contributed by atoms with Crippen LogP contribution >= 0.6 is 0 Å². The van der Waals surface area contributed by atoms with Crippen LogP contribution in [0.4, 0.5) is 5.82 Å². The summed E-state index contributed by atoms with van der Waals surface area (Å²) < 4.78 is 5.25. The maximum Gasteiger partial charge on any atom is 0.149 e. The molecule has 0 atom stereocenters. The zero-order chi connectivity index (χ0) is 9.10. The molecule has 1 aliphatic rings. The van der Waals surface area contributed by atoms with Crippen molar-refractivity contribution in [2.75, 3.05) is 18.9 Å². The molecule has 5 heteroatoms. The standard InChI is InChI=1S/C8H12N4O/c9-8-7(12-11-5-10-8)6-1-3-13-4-2-6/h5-6H,1-4H2,(H2,9,10,11). The van der Waals surface area contributed by atoms with E-state index in [-0.39, 0.29) is 0 Å². The van der Waals surface area contributed by atoms with Gasteiger partial charge in [0.1, 0.15) is 17.8 Å². The van der Waals surface area contributed by atoms with Gasteiger partial charge in [-0.2, -0.15) is 0 Å². The molecule has 1 fully saturated rings. The van der Waals surface area contributed by atoms with Gasteiger partial charge in [-0.05, 0) is 12.8 Å². The number of hydrogen-bond acceptors (Lipinski definition) is 5.